The minimum Gasteiger partial charge on any atom is -0.454 e. The number of hydrogen-bond donors (Lipinski definition) is 0. The second-order valence-electron chi connectivity index (χ2n) is 8.43. The number of alkyl halides is 3. The van der Waals surface area contributed by atoms with Crippen LogP contribution in [0.3, 0.4) is 0 Å². The molecule has 3 aromatic carbocycles. The Balaban J connectivity index is 1.30. The zero-order valence-corrected chi connectivity index (χ0v) is 19.6. The van der Waals surface area contributed by atoms with Gasteiger partial charge >= 0.3 is 6.18 Å². The monoisotopic (exact) mass is 509 g/mol. The molecule has 2 heterocycles. The topological polar surface area (TPSA) is 77.7 Å². The summed E-state index contributed by atoms with van der Waals surface area (Å²) in [7, 11) is 0. The maximum absolute atomic E-state index is 13.2. The Morgan fingerprint density at radius 3 is 2.38 bits per heavy atom. The summed E-state index contributed by atoms with van der Waals surface area (Å²) in [4.78, 5) is 19.2. The lowest BCUT2D eigenvalue weighted by molar-refractivity contribution is -0.137. The van der Waals surface area contributed by atoms with Crippen molar-refractivity contribution in [1.29, 1.82) is 0 Å². The molecule has 0 fully saturated rings. The van der Waals surface area contributed by atoms with Gasteiger partial charge in [-0.1, -0.05) is 35.5 Å². The summed E-state index contributed by atoms with van der Waals surface area (Å²) >= 11 is 0. The van der Waals surface area contributed by atoms with Gasteiger partial charge in [-0.25, -0.2) is 0 Å². The second kappa shape index (κ2) is 10.3. The van der Waals surface area contributed by atoms with Crippen LogP contribution in [-0.2, 0) is 19.0 Å². The smallest absolute Gasteiger partial charge is 0.416 e. The molecule has 10 heteroatoms. The van der Waals surface area contributed by atoms with E-state index >= 15 is 0 Å². The average Bonchev–Trinajstić information content (AvgIpc) is 3.58. The van der Waals surface area contributed by atoms with Crippen LogP contribution in [-0.4, -0.2) is 40.8 Å². The highest BCUT2D eigenvalue weighted by atomic mass is 19.4. The molecule has 1 aliphatic rings. The minimum absolute atomic E-state index is 0.155. The molecule has 0 spiro atoms. The van der Waals surface area contributed by atoms with Crippen molar-refractivity contribution in [3.05, 3.63) is 95.4 Å². The standard InChI is InChI=1S/C27H22F3N3O4/c28-27(29,30)21-9-6-19(7-10-21)26(34)33(14-12-18-4-2-1-3-5-18)15-13-24-31-25(32-37-24)20-8-11-22-23(16-20)36-17-35-22/h1-11,16H,12-15,17H2. The van der Waals surface area contributed by atoms with Crippen molar-refractivity contribution in [3.8, 4) is 22.9 Å². The van der Waals surface area contributed by atoms with E-state index in [1.807, 2.05) is 30.3 Å². The van der Waals surface area contributed by atoms with Crippen LogP contribution in [0.25, 0.3) is 11.4 Å². The number of carbonyl (C=O) groups excluding carboxylic acids is 1. The Hall–Kier alpha value is -4.34. The van der Waals surface area contributed by atoms with E-state index in [9.17, 15) is 18.0 Å². The third-order valence-corrected chi connectivity index (χ3v) is 5.95. The molecule has 1 aliphatic heterocycles. The van der Waals surface area contributed by atoms with Crippen LogP contribution in [0.5, 0.6) is 11.5 Å². The Morgan fingerprint density at radius 2 is 1.62 bits per heavy atom. The largest absolute Gasteiger partial charge is 0.454 e. The maximum atomic E-state index is 13.2. The summed E-state index contributed by atoms with van der Waals surface area (Å²) in [6, 6.07) is 19.2. The van der Waals surface area contributed by atoms with Crippen molar-refractivity contribution < 1.29 is 32.0 Å². The SMILES string of the molecule is O=C(c1ccc(C(F)(F)F)cc1)N(CCc1ccccc1)CCc1nc(-c2ccc3c(c2)OCO3)no1. The molecule has 4 aromatic rings. The van der Waals surface area contributed by atoms with E-state index in [1.165, 1.54) is 12.1 Å². The zero-order valence-electron chi connectivity index (χ0n) is 19.6. The van der Waals surface area contributed by atoms with Crippen LogP contribution in [0.1, 0.15) is 27.4 Å². The van der Waals surface area contributed by atoms with E-state index in [1.54, 1.807) is 23.1 Å². The predicted octanol–water partition coefficient (Wildman–Crippen LogP) is 5.41. The van der Waals surface area contributed by atoms with Gasteiger partial charge in [0.1, 0.15) is 0 Å². The quantitative estimate of drug-likeness (QED) is 0.316. The molecule has 190 valence electrons. The number of benzene rings is 3. The molecule has 0 aliphatic carbocycles. The summed E-state index contributed by atoms with van der Waals surface area (Å²) in [6.45, 7) is 0.768. The molecule has 1 aromatic heterocycles. The van der Waals surface area contributed by atoms with E-state index in [4.69, 9.17) is 14.0 Å². The van der Waals surface area contributed by atoms with Crippen LogP contribution in [0.15, 0.2) is 77.3 Å². The third kappa shape index (κ3) is 5.74. The molecule has 0 saturated heterocycles. The zero-order chi connectivity index (χ0) is 25.8. The van der Waals surface area contributed by atoms with E-state index < -0.39 is 11.7 Å². The average molecular weight is 509 g/mol. The van der Waals surface area contributed by atoms with Crippen molar-refractivity contribution in [1.82, 2.24) is 15.0 Å². The van der Waals surface area contributed by atoms with Crippen molar-refractivity contribution in [2.24, 2.45) is 0 Å². The van der Waals surface area contributed by atoms with Gasteiger partial charge < -0.3 is 18.9 Å². The van der Waals surface area contributed by atoms with Gasteiger partial charge in [-0.3, -0.25) is 4.79 Å². The summed E-state index contributed by atoms with van der Waals surface area (Å²) in [5.41, 5.74) is 1.10. The number of ether oxygens (including phenoxy) is 2. The van der Waals surface area contributed by atoms with Crippen molar-refractivity contribution in [2.45, 2.75) is 19.0 Å². The maximum Gasteiger partial charge on any atom is 0.416 e. The van der Waals surface area contributed by atoms with Gasteiger partial charge in [0, 0.05) is 30.6 Å². The van der Waals surface area contributed by atoms with Crippen LogP contribution in [0.4, 0.5) is 13.2 Å². The Labute approximate surface area is 210 Å². The normalized spacial score (nSPS) is 12.5. The molecule has 0 atom stereocenters. The second-order valence-corrected chi connectivity index (χ2v) is 8.43. The number of rotatable bonds is 8. The number of amides is 1. The van der Waals surface area contributed by atoms with Crippen LogP contribution in [0, 0.1) is 0 Å². The van der Waals surface area contributed by atoms with E-state index in [0.29, 0.717) is 41.7 Å². The van der Waals surface area contributed by atoms with Crippen molar-refractivity contribution in [3.63, 3.8) is 0 Å². The molecule has 0 radical (unpaired) electrons. The van der Waals surface area contributed by atoms with Gasteiger partial charge in [-0.15, -0.1) is 0 Å². The highest BCUT2D eigenvalue weighted by molar-refractivity contribution is 5.94. The Kier molecular flexibility index (Phi) is 6.80. The number of aromatic nitrogens is 2. The van der Waals surface area contributed by atoms with E-state index in [0.717, 1.165) is 17.7 Å². The predicted molar refractivity (Wildman–Crippen MR) is 127 cm³/mol. The summed E-state index contributed by atoms with van der Waals surface area (Å²) < 4.78 is 55.0. The first-order chi connectivity index (χ1) is 17.9. The molecule has 37 heavy (non-hydrogen) atoms. The fourth-order valence-electron chi connectivity index (χ4n) is 3.95. The summed E-state index contributed by atoms with van der Waals surface area (Å²) in [6.07, 6.45) is -3.61. The molecular formula is C27H22F3N3O4. The van der Waals surface area contributed by atoms with Crippen LogP contribution < -0.4 is 9.47 Å². The number of nitrogens with zero attached hydrogens (tertiary/aromatic N) is 3. The molecule has 5 rings (SSSR count). The number of hydrogen-bond acceptors (Lipinski definition) is 6. The Morgan fingerprint density at radius 1 is 0.892 bits per heavy atom. The third-order valence-electron chi connectivity index (χ3n) is 5.95. The summed E-state index contributed by atoms with van der Waals surface area (Å²) in [5, 5.41) is 4.03. The van der Waals surface area contributed by atoms with Gasteiger partial charge in [-0.05, 0) is 54.4 Å². The van der Waals surface area contributed by atoms with Gasteiger partial charge in [0.25, 0.3) is 5.91 Å². The number of halogens is 3. The lowest BCUT2D eigenvalue weighted by Gasteiger charge is -2.22. The van der Waals surface area contributed by atoms with Crippen molar-refractivity contribution >= 4 is 5.91 Å². The molecule has 0 bridgehead atoms. The number of fused-ring (bicyclic) bond motifs is 1. The van der Waals surface area contributed by atoms with Crippen LogP contribution in [0.2, 0.25) is 0 Å². The van der Waals surface area contributed by atoms with Crippen molar-refractivity contribution in [2.75, 3.05) is 19.9 Å². The molecule has 1 amide bonds. The fourth-order valence-corrected chi connectivity index (χ4v) is 3.95. The first-order valence-corrected chi connectivity index (χ1v) is 11.6. The summed E-state index contributed by atoms with van der Waals surface area (Å²) in [5.74, 6) is 1.57. The molecule has 0 N–H and O–H groups in total. The lowest BCUT2D eigenvalue weighted by Crippen LogP contribution is -2.35. The molecule has 7 nitrogen and oxygen atoms in total. The van der Waals surface area contributed by atoms with E-state index in [2.05, 4.69) is 10.1 Å². The highest BCUT2D eigenvalue weighted by Gasteiger charge is 2.30. The van der Waals surface area contributed by atoms with Gasteiger partial charge in [0.05, 0.1) is 5.56 Å². The molecular weight excluding hydrogens is 487 g/mol. The number of carbonyl (C=O) groups is 1. The van der Waals surface area contributed by atoms with Gasteiger partial charge in [-0.2, -0.15) is 18.2 Å². The minimum atomic E-state index is -4.47. The Bertz CT molecular complexity index is 1370. The molecule has 0 unspecified atom stereocenters. The first-order valence-electron chi connectivity index (χ1n) is 11.6. The van der Waals surface area contributed by atoms with E-state index in [-0.39, 0.29) is 31.2 Å². The highest BCUT2D eigenvalue weighted by Crippen LogP contribution is 2.35. The first kappa shape index (κ1) is 24.4. The fraction of sp³-hybridized carbons (Fsp3) is 0.222. The van der Waals surface area contributed by atoms with Gasteiger partial charge in [0.2, 0.25) is 18.5 Å². The molecule has 0 saturated carbocycles. The lowest BCUT2D eigenvalue weighted by atomic mass is 10.1. The van der Waals surface area contributed by atoms with Crippen LogP contribution >= 0.6 is 0 Å². The van der Waals surface area contributed by atoms with Gasteiger partial charge in [0.15, 0.2) is 11.5 Å².